The number of hydrogen-bond acceptors (Lipinski definition) is 2. The van der Waals surface area contributed by atoms with Crippen molar-refractivity contribution < 1.29 is 4.79 Å². The Morgan fingerprint density at radius 2 is 1.94 bits per heavy atom. The SMILES string of the molecule is CSCC(=O)c1ccc(C(C)(C)C)cc1C. The average Bonchev–Trinajstić information content (AvgIpc) is 2.16. The van der Waals surface area contributed by atoms with Gasteiger partial charge >= 0.3 is 0 Å². The van der Waals surface area contributed by atoms with E-state index in [1.807, 2.05) is 19.2 Å². The molecular weight excluding hydrogens is 216 g/mol. The van der Waals surface area contributed by atoms with Crippen LogP contribution < -0.4 is 0 Å². The van der Waals surface area contributed by atoms with Crippen LogP contribution in [0.2, 0.25) is 0 Å². The molecule has 0 aliphatic heterocycles. The molecule has 0 amide bonds. The van der Waals surface area contributed by atoms with Gasteiger partial charge in [0.05, 0.1) is 5.75 Å². The van der Waals surface area contributed by atoms with Gasteiger partial charge in [0.15, 0.2) is 5.78 Å². The second-order valence-corrected chi connectivity index (χ2v) is 6.00. The van der Waals surface area contributed by atoms with Crippen LogP contribution in [0, 0.1) is 6.92 Å². The Hall–Kier alpha value is -0.760. The first-order valence-corrected chi connectivity index (χ1v) is 6.89. The summed E-state index contributed by atoms with van der Waals surface area (Å²) in [4.78, 5) is 11.8. The zero-order valence-corrected chi connectivity index (χ0v) is 11.6. The Morgan fingerprint density at radius 3 is 2.38 bits per heavy atom. The molecule has 0 aliphatic carbocycles. The summed E-state index contributed by atoms with van der Waals surface area (Å²) in [5.74, 6) is 0.792. The average molecular weight is 236 g/mol. The molecule has 2 heteroatoms. The summed E-state index contributed by atoms with van der Waals surface area (Å²) in [5, 5.41) is 0. The zero-order chi connectivity index (χ0) is 12.3. The van der Waals surface area contributed by atoms with Crippen molar-refractivity contribution in [3.8, 4) is 0 Å². The fourth-order valence-corrected chi connectivity index (χ4v) is 2.07. The van der Waals surface area contributed by atoms with Crippen LogP contribution in [0.1, 0.15) is 42.3 Å². The first-order valence-electron chi connectivity index (χ1n) is 5.49. The highest BCUT2D eigenvalue weighted by atomic mass is 32.2. The molecule has 0 fully saturated rings. The molecule has 0 radical (unpaired) electrons. The highest BCUT2D eigenvalue weighted by molar-refractivity contribution is 7.99. The number of rotatable bonds is 3. The summed E-state index contributed by atoms with van der Waals surface area (Å²) >= 11 is 1.57. The fraction of sp³-hybridized carbons (Fsp3) is 0.500. The van der Waals surface area contributed by atoms with Gasteiger partial charge in [-0.25, -0.2) is 0 Å². The summed E-state index contributed by atoms with van der Waals surface area (Å²) in [5.41, 5.74) is 3.38. The van der Waals surface area contributed by atoms with Gasteiger partial charge in [-0.3, -0.25) is 4.79 Å². The van der Waals surface area contributed by atoms with Gasteiger partial charge in [-0.1, -0.05) is 39.0 Å². The molecule has 0 N–H and O–H groups in total. The van der Waals surface area contributed by atoms with Crippen LogP contribution in [0.15, 0.2) is 18.2 Å². The highest BCUT2D eigenvalue weighted by Gasteiger charge is 2.16. The van der Waals surface area contributed by atoms with E-state index < -0.39 is 0 Å². The maximum atomic E-state index is 11.8. The number of benzene rings is 1. The molecule has 0 aromatic heterocycles. The van der Waals surface area contributed by atoms with Crippen LogP contribution in [0.3, 0.4) is 0 Å². The van der Waals surface area contributed by atoms with Crippen LogP contribution in [-0.2, 0) is 5.41 Å². The van der Waals surface area contributed by atoms with Gasteiger partial charge in [-0.2, -0.15) is 11.8 Å². The third-order valence-electron chi connectivity index (χ3n) is 2.67. The Labute approximate surface area is 103 Å². The number of Topliss-reactive ketones (excluding diaryl/α,β-unsaturated/α-hetero) is 1. The summed E-state index contributed by atoms with van der Waals surface area (Å²) < 4.78 is 0. The lowest BCUT2D eigenvalue weighted by atomic mass is 9.85. The normalized spacial score (nSPS) is 11.6. The molecule has 0 atom stereocenters. The molecule has 0 saturated carbocycles. The minimum absolute atomic E-state index is 0.145. The van der Waals surface area contributed by atoms with Gasteiger partial charge < -0.3 is 0 Å². The first kappa shape index (κ1) is 13.3. The number of hydrogen-bond donors (Lipinski definition) is 0. The minimum Gasteiger partial charge on any atom is -0.293 e. The third-order valence-corrected chi connectivity index (χ3v) is 3.22. The van der Waals surface area contributed by atoms with E-state index >= 15 is 0 Å². The second kappa shape index (κ2) is 5.05. The first-order chi connectivity index (χ1) is 7.36. The predicted octanol–water partition coefficient (Wildman–Crippen LogP) is 3.84. The number of aryl methyl sites for hydroxylation is 1. The molecule has 1 aromatic rings. The third kappa shape index (κ3) is 3.11. The highest BCUT2D eigenvalue weighted by Crippen LogP contribution is 2.24. The van der Waals surface area contributed by atoms with Gasteiger partial charge in [0.2, 0.25) is 0 Å². The lowest BCUT2D eigenvalue weighted by Gasteiger charge is -2.20. The molecule has 88 valence electrons. The molecule has 0 saturated heterocycles. The maximum Gasteiger partial charge on any atom is 0.172 e. The molecule has 0 spiro atoms. The van der Waals surface area contributed by atoms with Crippen molar-refractivity contribution in [2.45, 2.75) is 33.1 Å². The molecular formula is C14H20OS. The smallest absolute Gasteiger partial charge is 0.172 e. The molecule has 1 rings (SSSR count). The van der Waals surface area contributed by atoms with Crippen LogP contribution in [0.4, 0.5) is 0 Å². The summed E-state index contributed by atoms with van der Waals surface area (Å²) in [6.07, 6.45) is 1.96. The lowest BCUT2D eigenvalue weighted by molar-refractivity contribution is 0.102. The summed E-state index contributed by atoms with van der Waals surface area (Å²) in [6.45, 7) is 8.57. The minimum atomic E-state index is 0.145. The van der Waals surface area contributed by atoms with Crippen molar-refractivity contribution in [3.05, 3.63) is 34.9 Å². The summed E-state index contributed by atoms with van der Waals surface area (Å²) in [7, 11) is 0. The molecule has 16 heavy (non-hydrogen) atoms. The number of ketones is 1. The molecule has 0 bridgehead atoms. The van der Waals surface area contributed by atoms with E-state index in [0.29, 0.717) is 5.75 Å². The Balaban J connectivity index is 3.05. The van der Waals surface area contributed by atoms with E-state index in [9.17, 15) is 4.79 Å². The van der Waals surface area contributed by atoms with E-state index in [1.54, 1.807) is 11.8 Å². The molecule has 1 aromatic carbocycles. The van der Waals surface area contributed by atoms with Gasteiger partial charge in [0.1, 0.15) is 0 Å². The fourth-order valence-electron chi connectivity index (χ4n) is 1.65. The van der Waals surface area contributed by atoms with E-state index in [1.165, 1.54) is 5.56 Å². The van der Waals surface area contributed by atoms with Crippen molar-refractivity contribution in [3.63, 3.8) is 0 Å². The van der Waals surface area contributed by atoms with Crippen molar-refractivity contribution in [1.29, 1.82) is 0 Å². The predicted molar refractivity (Wildman–Crippen MR) is 72.6 cm³/mol. The van der Waals surface area contributed by atoms with Crippen LogP contribution >= 0.6 is 11.8 Å². The molecule has 1 nitrogen and oxygen atoms in total. The largest absolute Gasteiger partial charge is 0.293 e. The lowest BCUT2D eigenvalue weighted by Crippen LogP contribution is -2.13. The van der Waals surface area contributed by atoms with Crippen LogP contribution in [0.25, 0.3) is 0 Å². The van der Waals surface area contributed by atoms with Crippen molar-refractivity contribution in [1.82, 2.24) is 0 Å². The second-order valence-electron chi connectivity index (χ2n) is 5.14. The van der Waals surface area contributed by atoms with Crippen LogP contribution in [-0.4, -0.2) is 17.8 Å². The molecule has 0 aliphatic rings. The van der Waals surface area contributed by atoms with Crippen molar-refractivity contribution in [2.75, 3.05) is 12.0 Å². The summed E-state index contributed by atoms with van der Waals surface area (Å²) in [6, 6.07) is 6.17. The van der Waals surface area contributed by atoms with E-state index in [2.05, 4.69) is 32.9 Å². The van der Waals surface area contributed by atoms with Crippen molar-refractivity contribution >= 4 is 17.5 Å². The quantitative estimate of drug-likeness (QED) is 0.742. The Kier molecular flexibility index (Phi) is 4.20. The monoisotopic (exact) mass is 236 g/mol. The molecule has 0 unspecified atom stereocenters. The maximum absolute atomic E-state index is 11.8. The van der Waals surface area contributed by atoms with E-state index in [4.69, 9.17) is 0 Å². The zero-order valence-electron chi connectivity index (χ0n) is 10.8. The number of thioether (sulfide) groups is 1. The Bertz CT molecular complexity index is 388. The Morgan fingerprint density at radius 1 is 1.31 bits per heavy atom. The van der Waals surface area contributed by atoms with Crippen LogP contribution in [0.5, 0.6) is 0 Å². The van der Waals surface area contributed by atoms with Crippen molar-refractivity contribution in [2.24, 2.45) is 0 Å². The van der Waals surface area contributed by atoms with E-state index in [-0.39, 0.29) is 11.2 Å². The standard InChI is InChI=1S/C14H20OS/c1-10-8-11(14(2,3)4)6-7-12(10)13(15)9-16-5/h6-8H,9H2,1-5H3. The van der Waals surface area contributed by atoms with Gasteiger partial charge in [-0.15, -0.1) is 0 Å². The van der Waals surface area contributed by atoms with Gasteiger partial charge in [0.25, 0.3) is 0 Å². The number of carbonyl (C=O) groups is 1. The number of carbonyl (C=O) groups excluding carboxylic acids is 1. The van der Waals surface area contributed by atoms with E-state index in [0.717, 1.165) is 11.1 Å². The topological polar surface area (TPSA) is 17.1 Å². The molecule has 0 heterocycles. The van der Waals surface area contributed by atoms with Gasteiger partial charge in [0, 0.05) is 5.56 Å². The van der Waals surface area contributed by atoms with Gasteiger partial charge in [-0.05, 0) is 29.7 Å².